The number of carbonyl (C=O) groups is 1. The Morgan fingerprint density at radius 1 is 1.41 bits per heavy atom. The number of hydrogen-bond acceptors (Lipinski definition) is 2. The van der Waals surface area contributed by atoms with Crippen LogP contribution in [0.25, 0.3) is 0 Å². The highest BCUT2D eigenvalue weighted by atomic mass is 16.2. The Morgan fingerprint density at radius 2 is 2.18 bits per heavy atom. The molecule has 0 aromatic heterocycles. The maximum Gasteiger partial charge on any atom is 0.254 e. The van der Waals surface area contributed by atoms with Gasteiger partial charge in [0.1, 0.15) is 0 Å². The second kappa shape index (κ2) is 4.88. The Morgan fingerprint density at radius 3 is 2.88 bits per heavy atom. The lowest BCUT2D eigenvalue weighted by molar-refractivity contribution is 0.0708. The SMILES string of the molecule is Cc1cccc(C(=O)N2CCC[C@@H](N)C2)c1C. The van der Waals surface area contributed by atoms with Crippen LogP contribution in [0.3, 0.4) is 0 Å². The Hall–Kier alpha value is -1.35. The van der Waals surface area contributed by atoms with Crippen LogP contribution in [0.4, 0.5) is 0 Å². The summed E-state index contributed by atoms with van der Waals surface area (Å²) < 4.78 is 0. The molecule has 0 bridgehead atoms. The molecule has 1 aliphatic rings. The van der Waals surface area contributed by atoms with Crippen molar-refractivity contribution in [2.45, 2.75) is 32.7 Å². The van der Waals surface area contributed by atoms with Crippen molar-refractivity contribution in [3.05, 3.63) is 34.9 Å². The van der Waals surface area contributed by atoms with E-state index in [4.69, 9.17) is 5.73 Å². The van der Waals surface area contributed by atoms with Gasteiger partial charge in [-0.1, -0.05) is 12.1 Å². The minimum atomic E-state index is 0.126. The molecule has 1 fully saturated rings. The molecule has 1 aliphatic heterocycles. The third-order valence-electron chi connectivity index (χ3n) is 3.58. The number of benzene rings is 1. The van der Waals surface area contributed by atoms with Gasteiger partial charge in [0.05, 0.1) is 0 Å². The largest absolute Gasteiger partial charge is 0.337 e. The lowest BCUT2D eigenvalue weighted by atomic mass is 10.0. The summed E-state index contributed by atoms with van der Waals surface area (Å²) in [6, 6.07) is 6.02. The van der Waals surface area contributed by atoms with E-state index in [0.29, 0.717) is 6.54 Å². The lowest BCUT2D eigenvalue weighted by Crippen LogP contribution is -2.45. The highest BCUT2D eigenvalue weighted by Gasteiger charge is 2.23. The molecule has 0 saturated carbocycles. The zero-order valence-electron chi connectivity index (χ0n) is 10.6. The van der Waals surface area contributed by atoms with Gasteiger partial charge in [-0.2, -0.15) is 0 Å². The number of piperidine rings is 1. The molecular weight excluding hydrogens is 212 g/mol. The zero-order valence-corrected chi connectivity index (χ0v) is 10.6. The molecule has 1 aromatic rings. The van der Waals surface area contributed by atoms with Crippen LogP contribution >= 0.6 is 0 Å². The summed E-state index contributed by atoms with van der Waals surface area (Å²) in [5, 5.41) is 0. The summed E-state index contributed by atoms with van der Waals surface area (Å²) in [7, 11) is 0. The number of rotatable bonds is 1. The van der Waals surface area contributed by atoms with Crippen LogP contribution in [-0.4, -0.2) is 29.9 Å². The molecule has 0 radical (unpaired) electrons. The van der Waals surface area contributed by atoms with E-state index in [1.54, 1.807) is 0 Å². The molecule has 1 amide bonds. The standard InChI is InChI=1S/C14H20N2O/c1-10-5-3-7-13(11(10)2)14(17)16-8-4-6-12(15)9-16/h3,5,7,12H,4,6,8-9,15H2,1-2H3/t12-/m1/s1. The van der Waals surface area contributed by atoms with Crippen molar-refractivity contribution in [1.29, 1.82) is 0 Å². The first-order valence-electron chi connectivity index (χ1n) is 6.20. The Labute approximate surface area is 103 Å². The zero-order chi connectivity index (χ0) is 12.4. The molecule has 3 heteroatoms. The average molecular weight is 232 g/mol. The summed E-state index contributed by atoms with van der Waals surface area (Å²) in [4.78, 5) is 14.3. The van der Waals surface area contributed by atoms with Gasteiger partial charge < -0.3 is 10.6 Å². The van der Waals surface area contributed by atoms with Crippen molar-refractivity contribution < 1.29 is 4.79 Å². The summed E-state index contributed by atoms with van der Waals surface area (Å²) >= 11 is 0. The first kappa shape index (κ1) is 12.1. The Kier molecular flexibility index (Phi) is 3.48. The van der Waals surface area contributed by atoms with Crippen molar-refractivity contribution in [2.24, 2.45) is 5.73 Å². The smallest absolute Gasteiger partial charge is 0.254 e. The third kappa shape index (κ3) is 2.50. The van der Waals surface area contributed by atoms with Crippen molar-refractivity contribution >= 4 is 5.91 Å². The van der Waals surface area contributed by atoms with Gasteiger partial charge in [0.2, 0.25) is 0 Å². The molecule has 1 saturated heterocycles. The first-order valence-corrected chi connectivity index (χ1v) is 6.20. The molecule has 17 heavy (non-hydrogen) atoms. The molecule has 1 aromatic carbocycles. The highest BCUT2D eigenvalue weighted by molar-refractivity contribution is 5.96. The number of nitrogens with zero attached hydrogens (tertiary/aromatic N) is 1. The van der Waals surface area contributed by atoms with E-state index in [0.717, 1.165) is 36.1 Å². The van der Waals surface area contributed by atoms with E-state index in [-0.39, 0.29) is 11.9 Å². The predicted molar refractivity (Wildman–Crippen MR) is 69.0 cm³/mol. The fourth-order valence-corrected chi connectivity index (χ4v) is 2.35. The fourth-order valence-electron chi connectivity index (χ4n) is 2.35. The fraction of sp³-hybridized carbons (Fsp3) is 0.500. The molecule has 0 spiro atoms. The van der Waals surface area contributed by atoms with Crippen LogP contribution in [0.5, 0.6) is 0 Å². The van der Waals surface area contributed by atoms with Gasteiger partial charge in [-0.3, -0.25) is 4.79 Å². The summed E-state index contributed by atoms with van der Waals surface area (Å²) in [6.07, 6.45) is 2.04. The van der Waals surface area contributed by atoms with Crippen LogP contribution in [-0.2, 0) is 0 Å². The second-order valence-electron chi connectivity index (χ2n) is 4.90. The molecule has 3 nitrogen and oxygen atoms in total. The number of likely N-dealkylation sites (tertiary alicyclic amines) is 1. The molecule has 2 rings (SSSR count). The molecular formula is C14H20N2O. The maximum absolute atomic E-state index is 12.4. The van der Waals surface area contributed by atoms with E-state index in [1.807, 2.05) is 36.9 Å². The lowest BCUT2D eigenvalue weighted by Gasteiger charge is -2.31. The molecule has 0 aliphatic carbocycles. The summed E-state index contributed by atoms with van der Waals surface area (Å²) in [6.45, 7) is 5.56. The molecule has 2 N–H and O–H groups in total. The van der Waals surface area contributed by atoms with E-state index >= 15 is 0 Å². The Balaban J connectivity index is 2.22. The van der Waals surface area contributed by atoms with Crippen LogP contribution < -0.4 is 5.73 Å². The number of nitrogens with two attached hydrogens (primary N) is 1. The van der Waals surface area contributed by atoms with Crippen LogP contribution in [0, 0.1) is 13.8 Å². The second-order valence-corrected chi connectivity index (χ2v) is 4.90. The van der Waals surface area contributed by atoms with Crippen LogP contribution in [0.1, 0.15) is 34.3 Å². The van der Waals surface area contributed by atoms with Gasteiger partial charge in [-0.05, 0) is 43.9 Å². The minimum Gasteiger partial charge on any atom is -0.337 e. The molecule has 0 unspecified atom stereocenters. The van der Waals surface area contributed by atoms with Crippen LogP contribution in [0.15, 0.2) is 18.2 Å². The van der Waals surface area contributed by atoms with Gasteiger partial charge in [0, 0.05) is 24.7 Å². The monoisotopic (exact) mass is 232 g/mol. The van der Waals surface area contributed by atoms with Gasteiger partial charge in [-0.15, -0.1) is 0 Å². The molecule has 1 heterocycles. The van der Waals surface area contributed by atoms with Crippen LogP contribution in [0.2, 0.25) is 0 Å². The Bertz CT molecular complexity index is 428. The van der Waals surface area contributed by atoms with E-state index < -0.39 is 0 Å². The summed E-state index contributed by atoms with van der Waals surface area (Å²) in [5.74, 6) is 0.126. The van der Waals surface area contributed by atoms with Gasteiger partial charge in [0.15, 0.2) is 0 Å². The third-order valence-corrected chi connectivity index (χ3v) is 3.58. The van der Waals surface area contributed by atoms with E-state index in [9.17, 15) is 4.79 Å². The minimum absolute atomic E-state index is 0.126. The molecule has 1 atom stereocenters. The number of hydrogen-bond donors (Lipinski definition) is 1. The predicted octanol–water partition coefficient (Wildman–Crippen LogP) is 1.87. The van der Waals surface area contributed by atoms with Gasteiger partial charge in [-0.25, -0.2) is 0 Å². The number of carbonyl (C=O) groups excluding carboxylic acids is 1. The maximum atomic E-state index is 12.4. The number of aryl methyl sites for hydroxylation is 1. The van der Waals surface area contributed by atoms with Crippen molar-refractivity contribution in [1.82, 2.24) is 4.90 Å². The van der Waals surface area contributed by atoms with E-state index in [2.05, 4.69) is 0 Å². The first-order chi connectivity index (χ1) is 8.09. The average Bonchev–Trinajstić information content (AvgIpc) is 2.32. The van der Waals surface area contributed by atoms with Gasteiger partial charge in [0.25, 0.3) is 5.91 Å². The van der Waals surface area contributed by atoms with Crippen molar-refractivity contribution in [2.75, 3.05) is 13.1 Å². The van der Waals surface area contributed by atoms with Crippen molar-refractivity contribution in [3.63, 3.8) is 0 Å². The normalized spacial score (nSPS) is 20.4. The van der Waals surface area contributed by atoms with Crippen molar-refractivity contribution in [3.8, 4) is 0 Å². The molecule has 92 valence electrons. The highest BCUT2D eigenvalue weighted by Crippen LogP contribution is 2.17. The number of amides is 1. The quantitative estimate of drug-likeness (QED) is 0.803. The topological polar surface area (TPSA) is 46.3 Å². The van der Waals surface area contributed by atoms with E-state index in [1.165, 1.54) is 0 Å². The summed E-state index contributed by atoms with van der Waals surface area (Å²) in [5.41, 5.74) is 8.98. The van der Waals surface area contributed by atoms with Gasteiger partial charge >= 0.3 is 0 Å².